The maximum absolute atomic E-state index is 12.7. The summed E-state index contributed by atoms with van der Waals surface area (Å²) in [7, 11) is -5.22. The normalized spacial score (nSPS) is 14.1. The third-order valence-electron chi connectivity index (χ3n) is 8.29. The van der Waals surface area contributed by atoms with Crippen LogP contribution in [0.15, 0.2) is 12.1 Å². The maximum atomic E-state index is 12.7. The molecule has 12 heteroatoms. The highest BCUT2D eigenvalue weighted by Crippen LogP contribution is 2.50. The van der Waals surface area contributed by atoms with Gasteiger partial charge in [-0.1, -0.05) is 125 Å². The highest BCUT2D eigenvalue weighted by Gasteiger charge is 2.53. The molecule has 0 saturated carbocycles. The summed E-state index contributed by atoms with van der Waals surface area (Å²) < 4.78 is 3.60. The molecule has 0 bridgehead atoms. The highest BCUT2D eigenvalue weighted by molar-refractivity contribution is 7.53. The minimum Gasteiger partial charge on any atom is -0.395 e. The summed E-state index contributed by atoms with van der Waals surface area (Å²) >= 11 is 0. The van der Waals surface area contributed by atoms with Crippen molar-refractivity contribution in [3.63, 3.8) is 0 Å². The zero-order chi connectivity index (χ0) is 34.2. The first kappa shape index (κ1) is 43.7. The largest absolute Gasteiger partial charge is 0.395 e. The van der Waals surface area contributed by atoms with E-state index >= 15 is 0 Å². The van der Waals surface area contributed by atoms with Crippen LogP contribution in [0.2, 0.25) is 0 Å². The highest BCUT2D eigenvalue weighted by atomic mass is 31.2. The van der Waals surface area contributed by atoms with Crippen LogP contribution >= 0.6 is 17.2 Å². The molecular formula is C32H63NO9P2. The molecular weight excluding hydrogens is 604 g/mol. The molecule has 0 saturated heterocycles. The van der Waals surface area contributed by atoms with E-state index in [1.54, 1.807) is 0 Å². The van der Waals surface area contributed by atoms with Gasteiger partial charge in [0, 0.05) is 6.54 Å². The molecule has 10 N–H and O–H groups in total. The first-order chi connectivity index (χ1) is 20.4. The van der Waals surface area contributed by atoms with Gasteiger partial charge in [-0.25, -0.2) is 4.31 Å². The van der Waals surface area contributed by atoms with Gasteiger partial charge in [0.05, 0.1) is 25.2 Å². The zero-order valence-corrected chi connectivity index (χ0v) is 30.0. The Balaban J connectivity index is 0.00000234. The van der Waals surface area contributed by atoms with Crippen LogP contribution in [0.5, 0.6) is 0 Å². The summed E-state index contributed by atoms with van der Waals surface area (Å²) in [6, 6.07) is 4.12. The molecule has 0 aliphatic rings. The average molecular weight is 668 g/mol. The fourth-order valence-corrected chi connectivity index (χ4v) is 6.10. The summed E-state index contributed by atoms with van der Waals surface area (Å²) in [4.78, 5) is 31.3. The topological polar surface area (TPSA) is 197 Å². The first-order valence-corrected chi connectivity index (χ1v) is 18.2. The van der Waals surface area contributed by atoms with E-state index in [2.05, 4.69) is 64.9 Å². The van der Waals surface area contributed by atoms with Crippen LogP contribution in [-0.4, -0.2) is 59.8 Å². The van der Waals surface area contributed by atoms with Crippen LogP contribution in [0, 0.1) is 5.41 Å². The molecule has 0 aliphatic carbocycles. The average Bonchev–Trinajstić information content (AvgIpc) is 2.93. The van der Waals surface area contributed by atoms with Crippen molar-refractivity contribution >= 4 is 17.2 Å². The number of rotatable bonds is 19. The van der Waals surface area contributed by atoms with E-state index in [0.717, 1.165) is 41.5 Å². The van der Waals surface area contributed by atoms with Gasteiger partial charge < -0.3 is 45.7 Å². The molecule has 1 rings (SSSR count). The van der Waals surface area contributed by atoms with Crippen molar-refractivity contribution < 1.29 is 44.3 Å². The van der Waals surface area contributed by atoms with Gasteiger partial charge in [0.1, 0.15) is 5.60 Å². The molecule has 1 aromatic carbocycles. The Kier molecular flexibility index (Phi) is 20.7. The van der Waals surface area contributed by atoms with Crippen molar-refractivity contribution in [2.75, 3.05) is 19.8 Å². The molecule has 1 unspecified atom stereocenters. The molecule has 0 aliphatic heterocycles. The van der Waals surface area contributed by atoms with E-state index in [1.807, 2.05) is 0 Å². The fraction of sp³-hybridized carbons (Fsp3) is 0.812. The van der Waals surface area contributed by atoms with Gasteiger partial charge in [-0.05, 0) is 39.5 Å². The number of nitrogens with two attached hydrogens (primary N) is 1. The number of aliphatic hydroxyl groups is 4. The van der Waals surface area contributed by atoms with Crippen molar-refractivity contribution in [1.82, 2.24) is 0 Å². The van der Waals surface area contributed by atoms with Gasteiger partial charge in [-0.2, -0.15) is 0 Å². The lowest BCUT2D eigenvalue weighted by molar-refractivity contribution is -0.165. The lowest BCUT2D eigenvalue weighted by Crippen LogP contribution is -2.55. The van der Waals surface area contributed by atoms with Crippen LogP contribution in [0.4, 0.5) is 0 Å². The van der Waals surface area contributed by atoms with Crippen molar-refractivity contribution in [1.29, 1.82) is 0 Å². The third-order valence-corrected chi connectivity index (χ3v) is 9.46. The molecule has 0 spiro atoms. The van der Waals surface area contributed by atoms with Crippen molar-refractivity contribution in [2.24, 2.45) is 11.1 Å². The van der Waals surface area contributed by atoms with Crippen molar-refractivity contribution in [3.8, 4) is 0 Å². The second-order valence-electron chi connectivity index (χ2n) is 13.9. The Bertz CT molecular complexity index is 867. The molecule has 0 radical (unpaired) electrons. The van der Waals surface area contributed by atoms with E-state index in [0.29, 0.717) is 13.0 Å². The number of hydrogen-bond acceptors (Lipinski definition) is 10. The minimum atomic E-state index is -2.61. The minimum absolute atomic E-state index is 0.321. The molecule has 1 atom stereocenters. The Morgan fingerprint density at radius 2 is 1.02 bits per heavy atom. The van der Waals surface area contributed by atoms with Gasteiger partial charge in [0.25, 0.3) is 0 Å². The summed E-state index contributed by atoms with van der Waals surface area (Å²) in [5, 5.41) is 44.2. The van der Waals surface area contributed by atoms with Gasteiger partial charge >= 0.3 is 17.2 Å². The number of hydrogen-bond donors (Lipinski definition) is 9. The number of aliphatic hydroxyl groups excluding tert-OH is 3. The van der Waals surface area contributed by atoms with E-state index in [-0.39, 0.29) is 10.8 Å². The summed E-state index contributed by atoms with van der Waals surface area (Å²) in [5.41, 5.74) is 5.99. The van der Waals surface area contributed by atoms with E-state index in [9.17, 15) is 20.4 Å². The molecule has 44 heavy (non-hydrogen) atoms. The van der Waals surface area contributed by atoms with Crippen LogP contribution < -0.4 is 5.73 Å². The van der Waals surface area contributed by atoms with Gasteiger partial charge in [0.2, 0.25) is 0 Å². The molecule has 260 valence electrons. The predicted molar refractivity (Wildman–Crippen MR) is 180 cm³/mol. The van der Waals surface area contributed by atoms with E-state index in [4.69, 9.17) is 25.3 Å². The second kappa shape index (κ2) is 20.8. The molecule has 0 aromatic heterocycles. The number of unbranched alkanes of at least 4 members (excludes halogenated alkanes) is 9. The Labute approximate surface area is 268 Å². The van der Waals surface area contributed by atoms with Crippen LogP contribution in [0.1, 0.15) is 141 Å². The SMILES string of the molecule is CCCCCCCCCCCCC(O)(c1c(C(C)(C)C)cc(CN)cc1C(C)(C)C)C(CO)(CO)CO.OP(O)OP(O)O. The zero-order valence-electron chi connectivity index (χ0n) is 28.2. The van der Waals surface area contributed by atoms with E-state index in [1.165, 1.54) is 44.9 Å². The van der Waals surface area contributed by atoms with Crippen LogP contribution in [0.3, 0.4) is 0 Å². The smallest absolute Gasteiger partial charge is 0.334 e. The fourth-order valence-electron chi connectivity index (χ4n) is 5.58. The lowest BCUT2D eigenvalue weighted by Gasteiger charge is -2.49. The third kappa shape index (κ3) is 13.8. The first-order valence-electron chi connectivity index (χ1n) is 15.9. The van der Waals surface area contributed by atoms with E-state index < -0.39 is 48.0 Å². The van der Waals surface area contributed by atoms with Gasteiger partial charge in [-0.3, -0.25) is 0 Å². The molecule has 0 amide bonds. The molecule has 0 heterocycles. The Hall–Kier alpha value is -0.320. The summed E-state index contributed by atoms with van der Waals surface area (Å²) in [6.45, 7) is 13.7. The number of benzene rings is 1. The van der Waals surface area contributed by atoms with Gasteiger partial charge in [0.15, 0.2) is 0 Å². The van der Waals surface area contributed by atoms with Crippen LogP contribution in [0.25, 0.3) is 0 Å². The molecule has 0 fully saturated rings. The summed E-state index contributed by atoms with van der Waals surface area (Å²) in [5.74, 6) is 0. The second-order valence-corrected chi connectivity index (χ2v) is 15.6. The van der Waals surface area contributed by atoms with Crippen molar-refractivity contribution in [2.45, 2.75) is 142 Å². The molecule has 10 nitrogen and oxygen atoms in total. The lowest BCUT2D eigenvalue weighted by atomic mass is 9.60. The predicted octanol–water partition coefficient (Wildman–Crippen LogP) is 5.63. The van der Waals surface area contributed by atoms with Crippen molar-refractivity contribution in [3.05, 3.63) is 34.4 Å². The van der Waals surface area contributed by atoms with Gasteiger partial charge in [-0.15, -0.1) is 0 Å². The molecule has 1 aromatic rings. The van der Waals surface area contributed by atoms with Crippen LogP contribution in [-0.2, 0) is 27.3 Å². The summed E-state index contributed by atoms with van der Waals surface area (Å²) in [6.07, 6.45) is 12.1. The Morgan fingerprint density at radius 1 is 0.659 bits per heavy atom. The Morgan fingerprint density at radius 3 is 1.30 bits per heavy atom. The standard InChI is InChI=1S/C32H59NO4.H4O5P2/c1-8-9-10-11-12-13-14-15-16-17-18-32(37,31(22-34,23-35)24-36)28-26(29(2,3)4)19-25(21-33)20-27(28)30(5,6)7;1-6(2)5-7(3)4/h19-20,34-37H,8-18,21-24,33H2,1-7H3;1-4H. The monoisotopic (exact) mass is 667 g/mol. The maximum Gasteiger partial charge on any atom is 0.334 e. The quantitative estimate of drug-likeness (QED) is 0.0659.